The number of nitrogens with zero attached hydrogens (tertiary/aromatic N) is 2. The van der Waals surface area contributed by atoms with Gasteiger partial charge in [0.15, 0.2) is 0 Å². The molecule has 0 bridgehead atoms. The maximum atomic E-state index is 14.5. The third-order valence-electron chi connectivity index (χ3n) is 7.47. The summed E-state index contributed by atoms with van der Waals surface area (Å²) in [5.74, 6) is -0.207. The molecule has 0 fully saturated rings. The molecule has 0 spiro atoms. The van der Waals surface area contributed by atoms with E-state index >= 15 is 0 Å². The molecule has 1 atom stereocenters. The van der Waals surface area contributed by atoms with Crippen LogP contribution in [0.3, 0.4) is 0 Å². The SMILES string of the molecule is CCCNC(=O)C(Cc1ccccc1)N(Cc1ccccc1C)C(=O)CN(c1ccc(OCC)cc1)S(=O)(=O)c1ccccc1. The van der Waals surface area contributed by atoms with Gasteiger partial charge in [0.05, 0.1) is 17.2 Å². The summed E-state index contributed by atoms with van der Waals surface area (Å²) >= 11 is 0. The van der Waals surface area contributed by atoms with Gasteiger partial charge in [-0.3, -0.25) is 13.9 Å². The van der Waals surface area contributed by atoms with Crippen molar-refractivity contribution in [2.75, 3.05) is 24.0 Å². The monoisotopic (exact) mass is 627 g/mol. The van der Waals surface area contributed by atoms with Crippen LogP contribution in [0.25, 0.3) is 0 Å². The van der Waals surface area contributed by atoms with Crippen LogP contribution in [-0.4, -0.2) is 50.9 Å². The number of hydrogen-bond donors (Lipinski definition) is 1. The van der Waals surface area contributed by atoms with Crippen molar-refractivity contribution >= 4 is 27.5 Å². The number of amides is 2. The Balaban J connectivity index is 1.79. The Morgan fingerprint density at radius 1 is 0.822 bits per heavy atom. The van der Waals surface area contributed by atoms with Crippen LogP contribution in [0.4, 0.5) is 5.69 Å². The molecule has 4 rings (SSSR count). The van der Waals surface area contributed by atoms with Crippen LogP contribution in [0.15, 0.2) is 114 Å². The average Bonchev–Trinajstić information content (AvgIpc) is 3.06. The molecule has 0 aliphatic carbocycles. The van der Waals surface area contributed by atoms with Crippen molar-refractivity contribution in [2.45, 2.75) is 51.1 Å². The minimum Gasteiger partial charge on any atom is -0.494 e. The fraction of sp³-hybridized carbons (Fsp3) is 0.278. The number of ether oxygens (including phenoxy) is 1. The molecular formula is C36H41N3O5S. The highest BCUT2D eigenvalue weighted by Crippen LogP contribution is 2.27. The highest BCUT2D eigenvalue weighted by molar-refractivity contribution is 7.92. The van der Waals surface area contributed by atoms with Gasteiger partial charge in [0.25, 0.3) is 10.0 Å². The van der Waals surface area contributed by atoms with E-state index in [2.05, 4.69) is 5.32 Å². The zero-order chi connectivity index (χ0) is 32.2. The first-order chi connectivity index (χ1) is 21.7. The summed E-state index contributed by atoms with van der Waals surface area (Å²) < 4.78 is 34.9. The third-order valence-corrected chi connectivity index (χ3v) is 9.26. The molecule has 0 aromatic heterocycles. The second kappa shape index (κ2) is 15.9. The molecule has 1 unspecified atom stereocenters. The first-order valence-electron chi connectivity index (χ1n) is 15.2. The second-order valence-electron chi connectivity index (χ2n) is 10.7. The summed E-state index contributed by atoms with van der Waals surface area (Å²) in [6.07, 6.45) is 0.999. The summed E-state index contributed by atoms with van der Waals surface area (Å²) in [5.41, 5.74) is 3.02. The smallest absolute Gasteiger partial charge is 0.264 e. The van der Waals surface area contributed by atoms with Crippen LogP contribution in [0.1, 0.15) is 37.0 Å². The van der Waals surface area contributed by atoms with Crippen molar-refractivity contribution in [1.29, 1.82) is 0 Å². The van der Waals surface area contributed by atoms with Gasteiger partial charge < -0.3 is 15.0 Å². The van der Waals surface area contributed by atoms with Crippen LogP contribution in [-0.2, 0) is 32.6 Å². The van der Waals surface area contributed by atoms with Gasteiger partial charge in [0.1, 0.15) is 18.3 Å². The van der Waals surface area contributed by atoms with E-state index in [9.17, 15) is 18.0 Å². The lowest BCUT2D eigenvalue weighted by atomic mass is 10.0. The van der Waals surface area contributed by atoms with Crippen LogP contribution in [0, 0.1) is 6.92 Å². The molecule has 4 aromatic carbocycles. The highest BCUT2D eigenvalue weighted by Gasteiger charge is 2.34. The Morgan fingerprint density at radius 3 is 2.07 bits per heavy atom. The lowest BCUT2D eigenvalue weighted by Gasteiger charge is -2.34. The van der Waals surface area contributed by atoms with E-state index in [0.29, 0.717) is 24.6 Å². The number of rotatable bonds is 15. The van der Waals surface area contributed by atoms with Gasteiger partial charge >= 0.3 is 0 Å². The maximum absolute atomic E-state index is 14.5. The second-order valence-corrected chi connectivity index (χ2v) is 12.6. The molecule has 0 aliphatic rings. The molecule has 45 heavy (non-hydrogen) atoms. The molecule has 9 heteroatoms. The summed E-state index contributed by atoms with van der Waals surface area (Å²) in [7, 11) is -4.16. The van der Waals surface area contributed by atoms with Crippen LogP contribution in [0.5, 0.6) is 5.75 Å². The molecule has 0 saturated carbocycles. The van der Waals surface area contributed by atoms with Crippen LogP contribution < -0.4 is 14.4 Å². The van der Waals surface area contributed by atoms with E-state index < -0.39 is 28.5 Å². The quantitative estimate of drug-likeness (QED) is 0.181. The van der Waals surface area contributed by atoms with Crippen LogP contribution in [0.2, 0.25) is 0 Å². The van der Waals surface area contributed by atoms with Crippen molar-refractivity contribution in [2.24, 2.45) is 0 Å². The first-order valence-corrected chi connectivity index (χ1v) is 16.6. The molecule has 1 N–H and O–H groups in total. The maximum Gasteiger partial charge on any atom is 0.264 e. The number of aryl methyl sites for hydroxylation is 1. The normalized spacial score (nSPS) is 11.8. The van der Waals surface area contributed by atoms with Gasteiger partial charge in [-0.05, 0) is 73.4 Å². The Bertz CT molecular complexity index is 1650. The minimum absolute atomic E-state index is 0.0543. The molecule has 8 nitrogen and oxygen atoms in total. The summed E-state index contributed by atoms with van der Waals surface area (Å²) in [6, 6.07) is 31.0. The number of nitrogens with one attached hydrogen (secondary N) is 1. The Kier molecular flexibility index (Phi) is 11.8. The lowest BCUT2D eigenvalue weighted by Crippen LogP contribution is -2.53. The van der Waals surface area contributed by atoms with E-state index in [1.807, 2.05) is 75.4 Å². The topological polar surface area (TPSA) is 96.0 Å². The molecule has 0 heterocycles. The van der Waals surface area contributed by atoms with Crippen molar-refractivity contribution < 1.29 is 22.7 Å². The predicted molar refractivity (Wildman–Crippen MR) is 178 cm³/mol. The largest absolute Gasteiger partial charge is 0.494 e. The predicted octanol–water partition coefficient (Wildman–Crippen LogP) is 5.76. The van der Waals surface area contributed by atoms with Gasteiger partial charge in [-0.1, -0.05) is 79.7 Å². The fourth-order valence-electron chi connectivity index (χ4n) is 5.01. The zero-order valence-corrected chi connectivity index (χ0v) is 26.9. The number of hydrogen-bond acceptors (Lipinski definition) is 5. The fourth-order valence-corrected chi connectivity index (χ4v) is 6.45. The number of carbonyl (C=O) groups excluding carboxylic acids is 2. The number of benzene rings is 4. The van der Waals surface area contributed by atoms with Gasteiger partial charge in [0.2, 0.25) is 11.8 Å². The summed E-state index contributed by atoms with van der Waals surface area (Å²) in [6.45, 7) is 6.32. The molecular weight excluding hydrogens is 586 g/mol. The molecule has 0 aliphatic heterocycles. The van der Waals surface area contributed by atoms with E-state index in [0.717, 1.165) is 27.4 Å². The number of anilines is 1. The Morgan fingerprint density at radius 2 is 1.44 bits per heavy atom. The van der Waals surface area contributed by atoms with E-state index in [1.165, 1.54) is 17.0 Å². The van der Waals surface area contributed by atoms with Gasteiger partial charge in [-0.15, -0.1) is 0 Å². The van der Waals surface area contributed by atoms with Crippen molar-refractivity contribution in [1.82, 2.24) is 10.2 Å². The lowest BCUT2D eigenvalue weighted by molar-refractivity contribution is -0.140. The van der Waals surface area contributed by atoms with Gasteiger partial charge in [-0.2, -0.15) is 0 Å². The zero-order valence-electron chi connectivity index (χ0n) is 26.1. The van der Waals surface area contributed by atoms with Crippen LogP contribution >= 0.6 is 0 Å². The summed E-state index contributed by atoms with van der Waals surface area (Å²) in [4.78, 5) is 29.8. The molecule has 2 amide bonds. The number of sulfonamides is 1. The molecule has 4 aromatic rings. The van der Waals surface area contributed by atoms with Gasteiger partial charge in [-0.25, -0.2) is 8.42 Å². The summed E-state index contributed by atoms with van der Waals surface area (Å²) in [5, 5.41) is 2.97. The van der Waals surface area contributed by atoms with Crippen molar-refractivity contribution in [3.8, 4) is 5.75 Å². The van der Waals surface area contributed by atoms with E-state index in [4.69, 9.17) is 4.74 Å². The highest BCUT2D eigenvalue weighted by atomic mass is 32.2. The molecule has 0 radical (unpaired) electrons. The first kappa shape index (κ1) is 33.3. The van der Waals surface area contributed by atoms with E-state index in [-0.39, 0.29) is 23.8 Å². The van der Waals surface area contributed by atoms with Gasteiger partial charge in [0, 0.05) is 19.5 Å². The Hall–Kier alpha value is -4.63. The minimum atomic E-state index is -4.16. The van der Waals surface area contributed by atoms with Crippen molar-refractivity contribution in [3.63, 3.8) is 0 Å². The standard InChI is InChI=1S/C36H41N3O5S/c1-4-24-37-36(41)34(25-29-15-8-6-9-16-29)38(26-30-17-13-12-14-28(30)3)35(40)27-39(31-20-22-32(23-21-31)44-5-2)45(42,43)33-18-10-7-11-19-33/h6-23,34H,4-5,24-27H2,1-3H3,(H,37,41). The number of carbonyl (C=O) groups is 2. The Labute approximate surface area is 266 Å². The molecule has 0 saturated heterocycles. The third kappa shape index (κ3) is 8.73. The average molecular weight is 628 g/mol. The van der Waals surface area contributed by atoms with Crippen molar-refractivity contribution in [3.05, 3.63) is 126 Å². The van der Waals surface area contributed by atoms with E-state index in [1.54, 1.807) is 42.5 Å². The molecule has 236 valence electrons.